The Morgan fingerprint density at radius 3 is 2.52 bits per heavy atom. The van der Waals surface area contributed by atoms with Gasteiger partial charge in [0.1, 0.15) is 5.76 Å². The van der Waals surface area contributed by atoms with E-state index in [0.717, 1.165) is 12.8 Å². The summed E-state index contributed by atoms with van der Waals surface area (Å²) < 4.78 is 10.7. The van der Waals surface area contributed by atoms with Gasteiger partial charge in [-0.1, -0.05) is 19.3 Å². The first-order valence-corrected chi connectivity index (χ1v) is 9.77. The maximum atomic E-state index is 12.3. The van der Waals surface area contributed by atoms with Gasteiger partial charge in [-0.3, -0.25) is 14.9 Å². The largest absolute Gasteiger partial charge is 0.449 e. The van der Waals surface area contributed by atoms with Gasteiger partial charge in [-0.05, 0) is 49.9 Å². The lowest BCUT2D eigenvalue weighted by Gasteiger charge is -2.22. The zero-order chi connectivity index (χ0) is 20.8. The fraction of sp³-hybridized carbons (Fsp3) is 0.429. The molecule has 1 aromatic heterocycles. The van der Waals surface area contributed by atoms with Gasteiger partial charge in [-0.2, -0.15) is 0 Å². The van der Waals surface area contributed by atoms with Crippen LogP contribution in [0.2, 0.25) is 0 Å². The summed E-state index contributed by atoms with van der Waals surface area (Å²) in [7, 11) is 0. The third kappa shape index (κ3) is 5.43. The van der Waals surface area contributed by atoms with Gasteiger partial charge in [0.05, 0.1) is 4.92 Å². The topological polar surface area (TPSA) is 112 Å². The molecule has 1 atom stereocenters. The summed E-state index contributed by atoms with van der Waals surface area (Å²) in [6.45, 7) is 2.13. The second-order valence-corrected chi connectivity index (χ2v) is 7.26. The normalized spacial score (nSPS) is 15.5. The van der Waals surface area contributed by atoms with Crippen molar-refractivity contribution < 1.29 is 23.7 Å². The molecule has 0 bridgehead atoms. The lowest BCUT2D eigenvalue weighted by atomic mass is 9.89. The number of esters is 1. The third-order valence-corrected chi connectivity index (χ3v) is 5.11. The van der Waals surface area contributed by atoms with Crippen LogP contribution in [0.4, 0.5) is 5.69 Å². The molecule has 0 aliphatic heterocycles. The molecule has 0 saturated heterocycles. The molecule has 0 radical (unpaired) electrons. The Morgan fingerprint density at radius 1 is 1.17 bits per heavy atom. The highest BCUT2D eigenvalue weighted by Gasteiger charge is 2.23. The van der Waals surface area contributed by atoms with E-state index in [-0.39, 0.29) is 17.4 Å². The molecule has 1 fully saturated rings. The monoisotopic (exact) mass is 400 g/mol. The smallest absolute Gasteiger partial charge is 0.375 e. The van der Waals surface area contributed by atoms with Crippen LogP contribution in [-0.4, -0.2) is 29.4 Å². The number of carbonyl (C=O) groups is 2. The number of benzene rings is 1. The molecule has 1 heterocycles. The Bertz CT molecular complexity index is 868. The number of nitro benzene ring substituents is 1. The summed E-state index contributed by atoms with van der Waals surface area (Å²) in [5.74, 6) is -0.235. The Labute approximate surface area is 168 Å². The van der Waals surface area contributed by atoms with Crippen molar-refractivity contribution in [2.45, 2.75) is 45.1 Å². The van der Waals surface area contributed by atoms with Crippen LogP contribution >= 0.6 is 0 Å². The van der Waals surface area contributed by atoms with E-state index in [2.05, 4.69) is 5.32 Å². The number of ether oxygens (including phenoxy) is 1. The maximum absolute atomic E-state index is 12.3. The van der Waals surface area contributed by atoms with Gasteiger partial charge in [0, 0.05) is 24.2 Å². The molecule has 0 unspecified atom stereocenters. The number of hydrogen-bond donors (Lipinski definition) is 1. The van der Waals surface area contributed by atoms with Crippen molar-refractivity contribution in [3.63, 3.8) is 0 Å². The Balaban J connectivity index is 1.53. The van der Waals surface area contributed by atoms with E-state index in [1.807, 2.05) is 0 Å². The minimum Gasteiger partial charge on any atom is -0.449 e. The molecular weight excluding hydrogens is 376 g/mol. The van der Waals surface area contributed by atoms with Crippen LogP contribution in [-0.2, 0) is 9.53 Å². The van der Waals surface area contributed by atoms with Gasteiger partial charge in [0.25, 0.3) is 11.6 Å². The molecule has 8 nitrogen and oxygen atoms in total. The van der Waals surface area contributed by atoms with E-state index in [0.29, 0.717) is 23.8 Å². The summed E-state index contributed by atoms with van der Waals surface area (Å²) in [5, 5.41) is 13.6. The molecule has 1 saturated carbocycles. The summed E-state index contributed by atoms with van der Waals surface area (Å²) in [4.78, 5) is 34.7. The van der Waals surface area contributed by atoms with E-state index in [1.54, 1.807) is 6.07 Å². The number of nitrogens with one attached hydrogen (secondary N) is 1. The van der Waals surface area contributed by atoms with E-state index in [9.17, 15) is 19.7 Å². The lowest BCUT2D eigenvalue weighted by molar-refractivity contribution is -0.384. The molecule has 0 spiro atoms. The minimum atomic E-state index is -0.931. The highest BCUT2D eigenvalue weighted by Crippen LogP contribution is 2.25. The second-order valence-electron chi connectivity index (χ2n) is 7.26. The molecule has 1 aromatic carbocycles. The van der Waals surface area contributed by atoms with Crippen LogP contribution in [0.1, 0.15) is 49.6 Å². The van der Waals surface area contributed by atoms with E-state index in [1.165, 1.54) is 56.5 Å². The van der Waals surface area contributed by atoms with E-state index in [4.69, 9.17) is 9.15 Å². The second kappa shape index (κ2) is 9.36. The van der Waals surface area contributed by atoms with Crippen LogP contribution in [0.25, 0.3) is 11.3 Å². The molecule has 29 heavy (non-hydrogen) atoms. The first-order valence-electron chi connectivity index (χ1n) is 9.77. The zero-order valence-electron chi connectivity index (χ0n) is 16.3. The van der Waals surface area contributed by atoms with Crippen molar-refractivity contribution in [3.05, 3.63) is 52.3 Å². The summed E-state index contributed by atoms with van der Waals surface area (Å²) >= 11 is 0. The number of hydrogen-bond acceptors (Lipinski definition) is 6. The third-order valence-electron chi connectivity index (χ3n) is 5.11. The highest BCUT2D eigenvalue weighted by atomic mass is 16.6. The number of nitro groups is 1. The molecule has 2 aromatic rings. The summed E-state index contributed by atoms with van der Waals surface area (Å²) in [6.07, 6.45) is 4.95. The quantitative estimate of drug-likeness (QED) is 0.425. The minimum absolute atomic E-state index is 0.0343. The molecule has 1 aliphatic rings. The summed E-state index contributed by atoms with van der Waals surface area (Å²) in [5.41, 5.74) is 0.556. The van der Waals surface area contributed by atoms with E-state index < -0.39 is 17.0 Å². The van der Waals surface area contributed by atoms with Gasteiger partial charge in [0.15, 0.2) is 6.10 Å². The predicted molar refractivity (Wildman–Crippen MR) is 105 cm³/mol. The number of non-ortho nitro benzene ring substituents is 1. The SMILES string of the molecule is C[C@H](OC(=O)c1ccc(-c2ccc([N+](=O)[O-])cc2)o1)C(=O)NCC1CCCCC1. The van der Waals surface area contributed by atoms with Crippen LogP contribution in [0.3, 0.4) is 0 Å². The van der Waals surface area contributed by atoms with E-state index >= 15 is 0 Å². The van der Waals surface area contributed by atoms with Crippen LogP contribution in [0, 0.1) is 16.0 Å². The van der Waals surface area contributed by atoms with Crippen molar-refractivity contribution in [2.24, 2.45) is 5.92 Å². The van der Waals surface area contributed by atoms with Gasteiger partial charge >= 0.3 is 5.97 Å². The summed E-state index contributed by atoms with van der Waals surface area (Å²) in [6, 6.07) is 8.81. The molecular formula is C21H24N2O6. The maximum Gasteiger partial charge on any atom is 0.375 e. The van der Waals surface area contributed by atoms with Crippen LogP contribution in [0.5, 0.6) is 0 Å². The molecule has 3 rings (SSSR count). The van der Waals surface area contributed by atoms with Crippen molar-refractivity contribution in [2.75, 3.05) is 6.54 Å². The Morgan fingerprint density at radius 2 is 1.86 bits per heavy atom. The molecule has 1 N–H and O–H groups in total. The van der Waals surface area contributed by atoms with Crippen LogP contribution < -0.4 is 5.32 Å². The van der Waals surface area contributed by atoms with Gasteiger partial charge in [-0.25, -0.2) is 4.79 Å². The Hall–Kier alpha value is -3.16. The first-order chi connectivity index (χ1) is 13.9. The molecule has 1 aliphatic carbocycles. The number of rotatable bonds is 7. The number of amides is 1. The van der Waals surface area contributed by atoms with Gasteiger partial charge in [0.2, 0.25) is 5.76 Å². The predicted octanol–water partition coefficient (Wildman–Crippen LogP) is 4.10. The van der Waals surface area contributed by atoms with Crippen molar-refractivity contribution in [3.8, 4) is 11.3 Å². The van der Waals surface area contributed by atoms with Crippen molar-refractivity contribution in [1.29, 1.82) is 0 Å². The fourth-order valence-corrected chi connectivity index (χ4v) is 3.40. The van der Waals surface area contributed by atoms with Crippen LogP contribution in [0.15, 0.2) is 40.8 Å². The highest BCUT2D eigenvalue weighted by molar-refractivity contribution is 5.90. The van der Waals surface area contributed by atoms with Gasteiger partial charge < -0.3 is 14.5 Å². The number of furan rings is 1. The Kier molecular flexibility index (Phi) is 6.64. The molecule has 1 amide bonds. The average Bonchev–Trinajstić information content (AvgIpc) is 3.23. The fourth-order valence-electron chi connectivity index (χ4n) is 3.40. The average molecular weight is 400 g/mol. The standard InChI is InChI=1S/C21H24N2O6/c1-14(20(24)22-13-15-5-3-2-4-6-15)28-21(25)19-12-11-18(29-19)16-7-9-17(10-8-16)23(26)27/h7-12,14-15H,2-6,13H2,1H3,(H,22,24)/t14-/m0/s1. The number of nitrogens with zero attached hydrogens (tertiary/aromatic N) is 1. The van der Waals surface area contributed by atoms with Crippen molar-refractivity contribution in [1.82, 2.24) is 5.32 Å². The lowest BCUT2D eigenvalue weighted by Crippen LogP contribution is -2.38. The molecule has 154 valence electrons. The van der Waals surface area contributed by atoms with Gasteiger partial charge in [-0.15, -0.1) is 0 Å². The zero-order valence-corrected chi connectivity index (χ0v) is 16.3. The van der Waals surface area contributed by atoms with Crippen molar-refractivity contribution >= 4 is 17.6 Å². The number of carbonyl (C=O) groups excluding carboxylic acids is 2. The first kappa shape index (κ1) is 20.6. The molecule has 8 heteroatoms.